The zero-order valence-electron chi connectivity index (χ0n) is 20.8. The number of sulfonamides is 1. The standard InChI is InChI=1S/C26H39FN2O4S/c1-4-6-14-28(15-7-5-2)24-19-25(33-23-12-10-22(27)11-13-23)26(18-21(24)20-32-3)34(30,31)29-16-8-9-17-29/h10,12,18-19H,4-9,11,13-17,20H2,1-3H3. The Bertz CT molecular complexity index is 977. The molecule has 2 aliphatic rings. The van der Waals surface area contributed by atoms with Gasteiger partial charge in [-0.1, -0.05) is 26.7 Å². The van der Waals surface area contributed by atoms with E-state index in [2.05, 4.69) is 18.7 Å². The first kappa shape index (κ1) is 26.7. The molecule has 0 saturated carbocycles. The van der Waals surface area contributed by atoms with Crippen LogP contribution in [-0.2, 0) is 21.4 Å². The minimum absolute atomic E-state index is 0.159. The van der Waals surface area contributed by atoms with Gasteiger partial charge in [0.15, 0.2) is 0 Å². The highest BCUT2D eigenvalue weighted by Gasteiger charge is 2.32. The van der Waals surface area contributed by atoms with E-state index in [-0.39, 0.29) is 17.1 Å². The van der Waals surface area contributed by atoms with Crippen molar-refractivity contribution in [3.05, 3.63) is 41.4 Å². The normalized spacial score (nSPS) is 16.9. The molecule has 34 heavy (non-hydrogen) atoms. The number of halogens is 1. The van der Waals surface area contributed by atoms with Gasteiger partial charge in [-0.3, -0.25) is 0 Å². The molecular weight excluding hydrogens is 455 g/mol. The second-order valence-corrected chi connectivity index (χ2v) is 10.9. The zero-order chi connectivity index (χ0) is 24.6. The molecule has 0 N–H and O–H groups in total. The molecule has 1 aliphatic carbocycles. The van der Waals surface area contributed by atoms with Crippen LogP contribution in [-0.4, -0.2) is 46.0 Å². The van der Waals surface area contributed by atoms with Crippen molar-refractivity contribution in [2.75, 3.05) is 38.2 Å². The Morgan fingerprint density at radius 2 is 1.71 bits per heavy atom. The monoisotopic (exact) mass is 494 g/mol. The van der Waals surface area contributed by atoms with Crippen LogP contribution in [0.2, 0.25) is 0 Å². The highest BCUT2D eigenvalue weighted by Crippen LogP contribution is 2.38. The number of hydrogen-bond acceptors (Lipinski definition) is 5. The highest BCUT2D eigenvalue weighted by atomic mass is 32.2. The summed E-state index contributed by atoms with van der Waals surface area (Å²) < 4.78 is 54.0. The molecule has 0 unspecified atom stereocenters. The molecule has 0 aromatic heterocycles. The summed E-state index contributed by atoms with van der Waals surface area (Å²) >= 11 is 0. The van der Waals surface area contributed by atoms with Crippen LogP contribution in [0.5, 0.6) is 5.75 Å². The van der Waals surface area contributed by atoms with Crippen LogP contribution in [0.15, 0.2) is 40.8 Å². The van der Waals surface area contributed by atoms with Crippen LogP contribution in [0.1, 0.15) is 70.8 Å². The van der Waals surface area contributed by atoms with Crippen molar-refractivity contribution in [3.63, 3.8) is 0 Å². The number of unbranched alkanes of at least 4 members (excludes halogenated alkanes) is 2. The van der Waals surface area contributed by atoms with E-state index in [1.165, 1.54) is 10.4 Å². The van der Waals surface area contributed by atoms with Gasteiger partial charge in [0.1, 0.15) is 22.2 Å². The lowest BCUT2D eigenvalue weighted by atomic mass is 10.1. The second-order valence-electron chi connectivity index (χ2n) is 9.01. The molecule has 0 bridgehead atoms. The number of methoxy groups -OCH3 is 1. The molecule has 0 amide bonds. The van der Waals surface area contributed by atoms with Crippen molar-refractivity contribution < 1.29 is 22.3 Å². The maximum Gasteiger partial charge on any atom is 0.246 e. The number of ether oxygens (including phenoxy) is 2. The molecule has 1 aromatic carbocycles. The van der Waals surface area contributed by atoms with Crippen LogP contribution in [0.3, 0.4) is 0 Å². The van der Waals surface area contributed by atoms with Crippen molar-refractivity contribution in [1.29, 1.82) is 0 Å². The predicted molar refractivity (Wildman–Crippen MR) is 134 cm³/mol. The third kappa shape index (κ3) is 6.61. The molecule has 0 spiro atoms. The van der Waals surface area contributed by atoms with Gasteiger partial charge in [-0.05, 0) is 43.9 Å². The molecule has 1 saturated heterocycles. The minimum atomic E-state index is -3.73. The molecule has 8 heteroatoms. The maximum absolute atomic E-state index is 13.6. The van der Waals surface area contributed by atoms with E-state index in [0.717, 1.165) is 62.9 Å². The van der Waals surface area contributed by atoms with E-state index in [0.29, 0.717) is 37.6 Å². The molecule has 1 aromatic rings. The predicted octanol–water partition coefficient (Wildman–Crippen LogP) is 5.93. The van der Waals surface area contributed by atoms with Gasteiger partial charge in [-0.15, -0.1) is 0 Å². The molecule has 0 radical (unpaired) electrons. The number of benzene rings is 1. The fourth-order valence-corrected chi connectivity index (χ4v) is 6.04. The second kappa shape index (κ2) is 12.7. The van der Waals surface area contributed by atoms with Gasteiger partial charge < -0.3 is 14.4 Å². The van der Waals surface area contributed by atoms with Crippen molar-refractivity contribution in [3.8, 4) is 5.75 Å². The average molecular weight is 495 g/mol. The van der Waals surface area contributed by atoms with Gasteiger partial charge in [0.05, 0.1) is 6.61 Å². The first-order chi connectivity index (χ1) is 16.4. The smallest absolute Gasteiger partial charge is 0.246 e. The van der Waals surface area contributed by atoms with Crippen molar-refractivity contribution in [2.24, 2.45) is 0 Å². The Labute approximate surface area is 204 Å². The lowest BCUT2D eigenvalue weighted by molar-refractivity contribution is 0.185. The van der Waals surface area contributed by atoms with Crippen LogP contribution in [0, 0.1) is 0 Å². The van der Waals surface area contributed by atoms with Crippen LogP contribution in [0.4, 0.5) is 10.1 Å². The fraction of sp³-hybridized carbons (Fsp3) is 0.615. The molecular formula is C26H39FN2O4S. The van der Waals surface area contributed by atoms with Gasteiger partial charge in [0.25, 0.3) is 0 Å². The van der Waals surface area contributed by atoms with Crippen LogP contribution in [0.25, 0.3) is 0 Å². The van der Waals surface area contributed by atoms with Gasteiger partial charge in [-0.2, -0.15) is 4.31 Å². The quantitative estimate of drug-likeness (QED) is 0.340. The summed E-state index contributed by atoms with van der Waals surface area (Å²) in [5.41, 5.74) is 1.78. The molecule has 1 heterocycles. The number of allylic oxidation sites excluding steroid dienone is 4. The summed E-state index contributed by atoms with van der Waals surface area (Å²) in [5.74, 6) is 0.679. The Morgan fingerprint density at radius 1 is 1.03 bits per heavy atom. The van der Waals surface area contributed by atoms with Crippen molar-refractivity contribution in [2.45, 2.75) is 76.7 Å². The first-order valence-electron chi connectivity index (χ1n) is 12.5. The Kier molecular flexibility index (Phi) is 9.97. The summed E-state index contributed by atoms with van der Waals surface area (Å²) in [4.78, 5) is 2.47. The number of rotatable bonds is 13. The lowest BCUT2D eigenvalue weighted by Gasteiger charge is -2.29. The number of hydrogen-bond donors (Lipinski definition) is 0. The zero-order valence-corrected chi connectivity index (χ0v) is 21.6. The first-order valence-corrected chi connectivity index (χ1v) is 14.0. The van der Waals surface area contributed by atoms with Gasteiger partial charge in [-0.25, -0.2) is 12.8 Å². The van der Waals surface area contributed by atoms with E-state index in [1.54, 1.807) is 19.3 Å². The van der Waals surface area contributed by atoms with E-state index in [4.69, 9.17) is 9.47 Å². The molecule has 0 atom stereocenters. The topological polar surface area (TPSA) is 59.1 Å². The lowest BCUT2D eigenvalue weighted by Crippen LogP contribution is -2.30. The summed E-state index contributed by atoms with van der Waals surface area (Å²) in [7, 11) is -2.11. The summed E-state index contributed by atoms with van der Waals surface area (Å²) in [6.45, 7) is 7.41. The SMILES string of the molecule is CCCCN(CCCC)c1cc(OC2=CC=C(F)CC2)c(S(=O)(=O)N2CCCC2)cc1COC. The Hall–Kier alpha value is -1.90. The average Bonchev–Trinajstić information content (AvgIpc) is 3.38. The van der Waals surface area contributed by atoms with Crippen LogP contribution < -0.4 is 9.64 Å². The molecule has 190 valence electrons. The summed E-state index contributed by atoms with van der Waals surface area (Å²) in [6, 6.07) is 3.59. The van der Waals surface area contributed by atoms with Crippen LogP contribution >= 0.6 is 0 Å². The minimum Gasteiger partial charge on any atom is -0.460 e. The largest absolute Gasteiger partial charge is 0.460 e. The van der Waals surface area contributed by atoms with Gasteiger partial charge >= 0.3 is 0 Å². The molecule has 3 rings (SSSR count). The van der Waals surface area contributed by atoms with E-state index in [9.17, 15) is 12.8 Å². The van der Waals surface area contributed by atoms with E-state index < -0.39 is 10.0 Å². The third-order valence-electron chi connectivity index (χ3n) is 6.33. The molecule has 1 aliphatic heterocycles. The summed E-state index contributed by atoms with van der Waals surface area (Å²) in [6.07, 6.45) is 9.57. The van der Waals surface area contributed by atoms with Crippen molar-refractivity contribution in [1.82, 2.24) is 4.31 Å². The van der Waals surface area contributed by atoms with E-state index >= 15 is 0 Å². The molecule has 1 fully saturated rings. The fourth-order valence-electron chi connectivity index (χ4n) is 4.38. The van der Waals surface area contributed by atoms with Crippen molar-refractivity contribution >= 4 is 15.7 Å². The highest BCUT2D eigenvalue weighted by molar-refractivity contribution is 7.89. The Balaban J connectivity index is 2.11. The van der Waals surface area contributed by atoms with Gasteiger partial charge in [0.2, 0.25) is 10.0 Å². The number of anilines is 1. The molecule has 6 nitrogen and oxygen atoms in total. The van der Waals surface area contributed by atoms with E-state index in [1.807, 2.05) is 6.07 Å². The Morgan fingerprint density at radius 3 is 2.26 bits per heavy atom. The van der Waals surface area contributed by atoms with Gasteiger partial charge in [0, 0.05) is 63.4 Å². The maximum atomic E-state index is 13.6. The number of nitrogens with zero attached hydrogens (tertiary/aromatic N) is 2. The third-order valence-corrected chi connectivity index (χ3v) is 8.25. The summed E-state index contributed by atoms with van der Waals surface area (Å²) in [5, 5.41) is 0.